The van der Waals surface area contributed by atoms with Crippen LogP contribution in [0.2, 0.25) is 0 Å². The van der Waals surface area contributed by atoms with Gasteiger partial charge in [-0.25, -0.2) is 4.79 Å². The molecular weight excluding hydrogens is 244 g/mol. The van der Waals surface area contributed by atoms with Crippen LogP contribution in [-0.2, 0) is 4.79 Å². The molecular formula is C14H24N2O3. The Balaban J connectivity index is 2.02. The van der Waals surface area contributed by atoms with E-state index in [1.807, 2.05) is 4.90 Å². The molecule has 0 aliphatic carbocycles. The summed E-state index contributed by atoms with van der Waals surface area (Å²) in [5, 5.41) is 9.23. The molecule has 1 N–H and O–H groups in total. The lowest BCUT2D eigenvalue weighted by Gasteiger charge is -2.32. The average molecular weight is 268 g/mol. The maximum atomic E-state index is 12.5. The molecule has 0 aromatic heterocycles. The Morgan fingerprint density at radius 1 is 1.21 bits per heavy atom. The van der Waals surface area contributed by atoms with Crippen LogP contribution in [0.15, 0.2) is 0 Å². The molecule has 2 atom stereocenters. The zero-order valence-corrected chi connectivity index (χ0v) is 11.9. The first-order valence-electron chi connectivity index (χ1n) is 7.23. The fraction of sp³-hybridized carbons (Fsp3) is 0.857. The molecule has 2 amide bonds. The lowest BCUT2D eigenvalue weighted by atomic mass is 9.90. The van der Waals surface area contributed by atoms with E-state index < -0.39 is 11.4 Å². The van der Waals surface area contributed by atoms with Gasteiger partial charge in [0.15, 0.2) is 0 Å². The molecule has 5 heteroatoms. The lowest BCUT2D eigenvalue weighted by Crippen LogP contribution is -2.47. The van der Waals surface area contributed by atoms with Gasteiger partial charge in [0.05, 0.1) is 5.41 Å². The van der Waals surface area contributed by atoms with Gasteiger partial charge in [0.2, 0.25) is 0 Å². The Kier molecular flexibility index (Phi) is 4.02. The van der Waals surface area contributed by atoms with Crippen molar-refractivity contribution in [2.24, 2.45) is 5.41 Å². The van der Waals surface area contributed by atoms with Gasteiger partial charge in [-0.2, -0.15) is 0 Å². The molecule has 0 radical (unpaired) electrons. The zero-order valence-electron chi connectivity index (χ0n) is 11.9. The number of hydrogen-bond acceptors (Lipinski definition) is 2. The Morgan fingerprint density at radius 2 is 1.95 bits per heavy atom. The number of carbonyl (C=O) groups excluding carboxylic acids is 1. The smallest absolute Gasteiger partial charge is 0.320 e. The number of carboxylic acid groups (broad SMARTS) is 1. The second-order valence-electron chi connectivity index (χ2n) is 6.21. The Hall–Kier alpha value is -1.26. The summed E-state index contributed by atoms with van der Waals surface area (Å²) in [6, 6.07) is 0.297. The molecule has 2 fully saturated rings. The SMILES string of the molecule is CC1CCCCCN1C(=O)N1CCC(C)(C(=O)O)C1. The van der Waals surface area contributed by atoms with Crippen LogP contribution >= 0.6 is 0 Å². The summed E-state index contributed by atoms with van der Waals surface area (Å²) >= 11 is 0. The number of carboxylic acids is 1. The predicted octanol–water partition coefficient (Wildman–Crippen LogP) is 2.17. The Morgan fingerprint density at radius 3 is 2.58 bits per heavy atom. The molecule has 2 unspecified atom stereocenters. The van der Waals surface area contributed by atoms with Gasteiger partial charge in [-0.3, -0.25) is 4.79 Å². The third kappa shape index (κ3) is 2.85. The summed E-state index contributed by atoms with van der Waals surface area (Å²) in [5.41, 5.74) is -0.773. The highest BCUT2D eigenvalue weighted by Crippen LogP contribution is 2.31. The fourth-order valence-corrected chi connectivity index (χ4v) is 3.04. The average Bonchev–Trinajstić information content (AvgIpc) is 2.64. The van der Waals surface area contributed by atoms with Crippen LogP contribution in [0.1, 0.15) is 46.0 Å². The largest absolute Gasteiger partial charge is 0.481 e. The minimum absolute atomic E-state index is 0.0272. The van der Waals surface area contributed by atoms with Crippen LogP contribution in [0.3, 0.4) is 0 Å². The number of amides is 2. The van der Waals surface area contributed by atoms with Gasteiger partial charge in [0.1, 0.15) is 0 Å². The number of aliphatic carboxylic acids is 1. The highest BCUT2D eigenvalue weighted by Gasteiger charge is 2.43. The van der Waals surface area contributed by atoms with Crippen molar-refractivity contribution in [1.29, 1.82) is 0 Å². The van der Waals surface area contributed by atoms with E-state index in [1.54, 1.807) is 11.8 Å². The van der Waals surface area contributed by atoms with Gasteiger partial charge >= 0.3 is 12.0 Å². The van der Waals surface area contributed by atoms with Crippen molar-refractivity contribution >= 4 is 12.0 Å². The van der Waals surface area contributed by atoms with Crippen molar-refractivity contribution in [3.63, 3.8) is 0 Å². The van der Waals surface area contributed by atoms with Gasteiger partial charge in [-0.15, -0.1) is 0 Å². The maximum Gasteiger partial charge on any atom is 0.320 e. The van der Waals surface area contributed by atoms with Crippen molar-refractivity contribution in [3.8, 4) is 0 Å². The van der Waals surface area contributed by atoms with Crippen molar-refractivity contribution in [3.05, 3.63) is 0 Å². The topological polar surface area (TPSA) is 60.9 Å². The second-order valence-corrected chi connectivity index (χ2v) is 6.21. The van der Waals surface area contributed by atoms with E-state index in [9.17, 15) is 14.7 Å². The van der Waals surface area contributed by atoms with Gasteiger partial charge in [0.25, 0.3) is 0 Å². The van der Waals surface area contributed by atoms with Gasteiger partial charge in [-0.1, -0.05) is 12.8 Å². The molecule has 19 heavy (non-hydrogen) atoms. The Labute approximate surface area is 114 Å². The minimum Gasteiger partial charge on any atom is -0.481 e. The highest BCUT2D eigenvalue weighted by atomic mass is 16.4. The highest BCUT2D eigenvalue weighted by molar-refractivity contribution is 5.79. The van der Waals surface area contributed by atoms with Crippen LogP contribution in [0.5, 0.6) is 0 Å². The Bertz CT molecular complexity index is 372. The van der Waals surface area contributed by atoms with Crippen LogP contribution < -0.4 is 0 Å². The first-order chi connectivity index (χ1) is 8.94. The van der Waals surface area contributed by atoms with Crippen molar-refractivity contribution < 1.29 is 14.7 Å². The summed E-state index contributed by atoms with van der Waals surface area (Å²) < 4.78 is 0. The molecule has 0 aromatic carbocycles. The molecule has 2 rings (SSSR count). The molecule has 108 valence electrons. The van der Waals surface area contributed by atoms with Crippen LogP contribution in [0.25, 0.3) is 0 Å². The van der Waals surface area contributed by atoms with Crippen LogP contribution in [-0.4, -0.2) is 52.6 Å². The summed E-state index contributed by atoms with van der Waals surface area (Å²) in [6.45, 7) is 5.53. The van der Waals surface area contributed by atoms with Crippen molar-refractivity contribution in [2.75, 3.05) is 19.6 Å². The number of hydrogen-bond donors (Lipinski definition) is 1. The van der Waals surface area contributed by atoms with Crippen molar-refractivity contribution in [1.82, 2.24) is 9.80 Å². The molecule has 2 aliphatic heterocycles. The monoisotopic (exact) mass is 268 g/mol. The number of urea groups is 1. The van der Waals surface area contributed by atoms with Crippen molar-refractivity contribution in [2.45, 2.75) is 52.0 Å². The summed E-state index contributed by atoms with van der Waals surface area (Å²) in [5.74, 6) is -0.799. The van der Waals surface area contributed by atoms with Gasteiger partial charge in [-0.05, 0) is 33.1 Å². The molecule has 0 bridgehead atoms. The molecule has 0 aromatic rings. The van der Waals surface area contributed by atoms with Gasteiger partial charge < -0.3 is 14.9 Å². The standard InChI is InChI=1S/C14H24N2O3/c1-11-6-4-3-5-8-16(11)13(19)15-9-7-14(2,10-15)12(17)18/h11H,3-10H2,1-2H3,(H,17,18). The second kappa shape index (κ2) is 5.39. The lowest BCUT2D eigenvalue weighted by molar-refractivity contribution is -0.147. The first-order valence-corrected chi connectivity index (χ1v) is 7.23. The first kappa shape index (κ1) is 14.2. The van der Waals surface area contributed by atoms with E-state index in [0.29, 0.717) is 19.5 Å². The number of likely N-dealkylation sites (tertiary alicyclic amines) is 2. The zero-order chi connectivity index (χ0) is 14.0. The van der Waals surface area contributed by atoms with E-state index in [1.165, 1.54) is 12.8 Å². The van der Waals surface area contributed by atoms with Crippen LogP contribution in [0, 0.1) is 5.41 Å². The summed E-state index contributed by atoms with van der Waals surface area (Å²) in [6.07, 6.45) is 5.02. The van der Waals surface area contributed by atoms with E-state index in [0.717, 1.165) is 19.4 Å². The molecule has 2 saturated heterocycles. The van der Waals surface area contributed by atoms with E-state index in [2.05, 4.69) is 6.92 Å². The number of carbonyl (C=O) groups is 2. The van der Waals surface area contributed by atoms with Crippen LogP contribution in [0.4, 0.5) is 4.79 Å². The molecule has 0 saturated carbocycles. The van der Waals surface area contributed by atoms with E-state index in [4.69, 9.17) is 0 Å². The molecule has 5 nitrogen and oxygen atoms in total. The third-order valence-electron chi connectivity index (χ3n) is 4.56. The fourth-order valence-electron chi connectivity index (χ4n) is 3.04. The maximum absolute atomic E-state index is 12.5. The quantitative estimate of drug-likeness (QED) is 0.792. The third-order valence-corrected chi connectivity index (χ3v) is 4.56. The van der Waals surface area contributed by atoms with E-state index in [-0.39, 0.29) is 12.1 Å². The summed E-state index contributed by atoms with van der Waals surface area (Å²) in [4.78, 5) is 27.4. The number of nitrogens with zero attached hydrogens (tertiary/aromatic N) is 2. The molecule has 2 heterocycles. The number of rotatable bonds is 1. The minimum atomic E-state index is -0.799. The summed E-state index contributed by atoms with van der Waals surface area (Å²) in [7, 11) is 0. The van der Waals surface area contributed by atoms with Gasteiger partial charge in [0, 0.05) is 25.7 Å². The normalized spacial score (nSPS) is 32.2. The predicted molar refractivity (Wildman–Crippen MR) is 72.0 cm³/mol. The molecule has 0 spiro atoms. The molecule has 2 aliphatic rings. The van der Waals surface area contributed by atoms with E-state index >= 15 is 0 Å².